The summed E-state index contributed by atoms with van der Waals surface area (Å²) in [6.07, 6.45) is 1.10. The van der Waals surface area contributed by atoms with Crippen molar-refractivity contribution in [1.29, 1.82) is 0 Å². The molecule has 0 aliphatic rings. The van der Waals surface area contributed by atoms with Gasteiger partial charge in [-0.25, -0.2) is 0 Å². The summed E-state index contributed by atoms with van der Waals surface area (Å²) in [6.45, 7) is 8.14. The van der Waals surface area contributed by atoms with Crippen molar-refractivity contribution >= 4 is 5.97 Å². The van der Waals surface area contributed by atoms with E-state index in [1.54, 1.807) is 0 Å². The molecule has 4 heteroatoms. The Labute approximate surface area is 91.9 Å². The number of rotatable bonds is 9. The molecule has 0 aliphatic carbocycles. The van der Waals surface area contributed by atoms with Gasteiger partial charge in [-0.2, -0.15) is 0 Å². The van der Waals surface area contributed by atoms with Gasteiger partial charge in [-0.05, 0) is 27.2 Å². The average Bonchev–Trinajstić information content (AvgIpc) is 2.15. The third-order valence-electron chi connectivity index (χ3n) is 1.61. The Morgan fingerprint density at radius 1 is 1.13 bits per heavy atom. The Bertz CT molecular complexity index is 157. The van der Waals surface area contributed by atoms with E-state index >= 15 is 0 Å². The van der Waals surface area contributed by atoms with E-state index in [2.05, 4.69) is 0 Å². The summed E-state index contributed by atoms with van der Waals surface area (Å²) in [4.78, 5) is 11.1. The van der Waals surface area contributed by atoms with E-state index in [9.17, 15) is 4.79 Å². The van der Waals surface area contributed by atoms with Crippen molar-refractivity contribution in [3.63, 3.8) is 0 Å². The van der Waals surface area contributed by atoms with Crippen molar-refractivity contribution in [3.05, 3.63) is 0 Å². The van der Waals surface area contributed by atoms with Gasteiger partial charge >= 0.3 is 5.97 Å². The van der Waals surface area contributed by atoms with E-state index < -0.39 is 0 Å². The van der Waals surface area contributed by atoms with Crippen LogP contribution >= 0.6 is 0 Å². The van der Waals surface area contributed by atoms with Crippen molar-refractivity contribution in [3.8, 4) is 0 Å². The molecule has 0 N–H and O–H groups in total. The molecular formula is C11H22O4. The molecule has 0 heterocycles. The summed E-state index contributed by atoms with van der Waals surface area (Å²) in [5, 5.41) is 0. The Morgan fingerprint density at radius 3 is 2.40 bits per heavy atom. The van der Waals surface area contributed by atoms with Crippen molar-refractivity contribution in [1.82, 2.24) is 0 Å². The minimum absolute atomic E-state index is 0.0311. The van der Waals surface area contributed by atoms with Crippen molar-refractivity contribution in [2.24, 2.45) is 0 Å². The molecule has 0 spiro atoms. The van der Waals surface area contributed by atoms with Crippen LogP contribution in [0.25, 0.3) is 0 Å². The molecule has 0 saturated heterocycles. The second-order valence-corrected chi connectivity index (χ2v) is 3.45. The molecule has 0 saturated carbocycles. The Morgan fingerprint density at radius 2 is 1.80 bits per heavy atom. The largest absolute Gasteiger partial charge is 0.463 e. The van der Waals surface area contributed by atoms with Gasteiger partial charge in [-0.15, -0.1) is 0 Å². The zero-order chi connectivity index (χ0) is 11.5. The van der Waals surface area contributed by atoms with Crippen molar-refractivity contribution in [2.45, 2.75) is 39.7 Å². The summed E-state index contributed by atoms with van der Waals surface area (Å²) in [7, 11) is 0. The first-order valence-electron chi connectivity index (χ1n) is 5.51. The second-order valence-electron chi connectivity index (χ2n) is 3.45. The highest BCUT2D eigenvalue weighted by Crippen LogP contribution is 1.97. The quantitative estimate of drug-likeness (QED) is 0.437. The molecule has 0 aromatic rings. The minimum Gasteiger partial charge on any atom is -0.463 e. The highest BCUT2D eigenvalue weighted by molar-refractivity contribution is 5.69. The van der Waals surface area contributed by atoms with Gasteiger partial charge in [0.25, 0.3) is 0 Å². The maximum Gasteiger partial charge on any atom is 0.306 e. The first kappa shape index (κ1) is 14.4. The number of hydrogen-bond donors (Lipinski definition) is 0. The molecule has 4 nitrogen and oxygen atoms in total. The van der Waals surface area contributed by atoms with Crippen LogP contribution in [0.1, 0.15) is 33.6 Å². The third kappa shape index (κ3) is 11.3. The monoisotopic (exact) mass is 218 g/mol. The minimum atomic E-state index is -0.154. The van der Waals surface area contributed by atoms with Crippen LogP contribution in [0.2, 0.25) is 0 Å². The lowest BCUT2D eigenvalue weighted by molar-refractivity contribution is -0.147. The van der Waals surface area contributed by atoms with E-state index in [-0.39, 0.29) is 12.1 Å². The number of ether oxygens (including phenoxy) is 3. The van der Waals surface area contributed by atoms with Crippen LogP contribution in [-0.2, 0) is 19.0 Å². The highest BCUT2D eigenvalue weighted by atomic mass is 16.5. The van der Waals surface area contributed by atoms with E-state index in [0.29, 0.717) is 39.3 Å². The normalized spacial score (nSPS) is 10.7. The smallest absolute Gasteiger partial charge is 0.306 e. The van der Waals surface area contributed by atoms with Gasteiger partial charge in [0.05, 0.1) is 19.3 Å². The van der Waals surface area contributed by atoms with Crippen molar-refractivity contribution in [2.75, 3.05) is 26.4 Å². The third-order valence-corrected chi connectivity index (χ3v) is 1.61. The van der Waals surface area contributed by atoms with E-state index in [4.69, 9.17) is 14.2 Å². The molecule has 0 rings (SSSR count). The van der Waals surface area contributed by atoms with E-state index in [1.165, 1.54) is 0 Å². The van der Waals surface area contributed by atoms with Gasteiger partial charge < -0.3 is 14.2 Å². The van der Waals surface area contributed by atoms with Gasteiger partial charge in [-0.3, -0.25) is 4.79 Å². The Hall–Kier alpha value is -0.610. The van der Waals surface area contributed by atoms with Gasteiger partial charge in [0.15, 0.2) is 0 Å². The van der Waals surface area contributed by atoms with Crippen molar-refractivity contribution < 1.29 is 19.0 Å². The van der Waals surface area contributed by atoms with Crippen LogP contribution in [0, 0.1) is 0 Å². The standard InChI is InChI=1S/C11H22O4/c1-4-13-8-9-14-7-5-6-11(12)15-10(2)3/h10H,4-9H2,1-3H3. The molecular weight excluding hydrogens is 196 g/mol. The van der Waals surface area contributed by atoms with Gasteiger partial charge in [-0.1, -0.05) is 0 Å². The molecule has 0 bridgehead atoms. The zero-order valence-corrected chi connectivity index (χ0v) is 9.95. The van der Waals surface area contributed by atoms with Crippen LogP contribution in [0.15, 0.2) is 0 Å². The average molecular weight is 218 g/mol. The maximum absolute atomic E-state index is 11.1. The molecule has 0 atom stereocenters. The molecule has 0 amide bonds. The number of hydrogen-bond acceptors (Lipinski definition) is 4. The summed E-state index contributed by atoms with van der Waals surface area (Å²) in [5.74, 6) is -0.154. The molecule has 0 radical (unpaired) electrons. The van der Waals surface area contributed by atoms with Gasteiger partial charge in [0.2, 0.25) is 0 Å². The molecule has 90 valence electrons. The predicted molar refractivity (Wildman–Crippen MR) is 57.8 cm³/mol. The van der Waals surface area contributed by atoms with Gasteiger partial charge in [0.1, 0.15) is 0 Å². The number of carbonyl (C=O) groups excluding carboxylic acids is 1. The number of esters is 1. The fourth-order valence-corrected chi connectivity index (χ4v) is 1.00. The first-order valence-corrected chi connectivity index (χ1v) is 5.51. The molecule has 15 heavy (non-hydrogen) atoms. The zero-order valence-electron chi connectivity index (χ0n) is 9.95. The van der Waals surface area contributed by atoms with Crippen LogP contribution in [-0.4, -0.2) is 38.5 Å². The summed E-state index contributed by atoms with van der Waals surface area (Å²) in [5.41, 5.74) is 0. The fraction of sp³-hybridized carbons (Fsp3) is 0.909. The van der Waals surface area contributed by atoms with E-state index in [1.807, 2.05) is 20.8 Å². The second kappa shape index (κ2) is 9.93. The fourth-order valence-electron chi connectivity index (χ4n) is 1.00. The SMILES string of the molecule is CCOCCOCCCC(=O)OC(C)C. The van der Waals surface area contributed by atoms with E-state index in [0.717, 1.165) is 0 Å². The first-order chi connectivity index (χ1) is 7.16. The topological polar surface area (TPSA) is 44.8 Å². The lowest BCUT2D eigenvalue weighted by Gasteiger charge is -2.07. The molecule has 0 unspecified atom stereocenters. The Kier molecular flexibility index (Phi) is 9.52. The lowest BCUT2D eigenvalue weighted by atomic mass is 10.3. The summed E-state index contributed by atoms with van der Waals surface area (Å²) >= 11 is 0. The van der Waals surface area contributed by atoms with Crippen LogP contribution < -0.4 is 0 Å². The summed E-state index contributed by atoms with van der Waals surface area (Å²) < 4.78 is 15.3. The molecule has 0 aromatic carbocycles. The number of carbonyl (C=O) groups is 1. The van der Waals surface area contributed by atoms with Crippen LogP contribution in [0.5, 0.6) is 0 Å². The van der Waals surface area contributed by atoms with Crippen LogP contribution in [0.4, 0.5) is 0 Å². The predicted octanol–water partition coefficient (Wildman–Crippen LogP) is 1.77. The van der Waals surface area contributed by atoms with Crippen LogP contribution in [0.3, 0.4) is 0 Å². The molecule has 0 aromatic heterocycles. The summed E-state index contributed by atoms with van der Waals surface area (Å²) in [6, 6.07) is 0. The molecule has 0 aliphatic heterocycles. The Balaban J connectivity index is 3.13. The van der Waals surface area contributed by atoms with Gasteiger partial charge in [0, 0.05) is 19.6 Å². The highest BCUT2D eigenvalue weighted by Gasteiger charge is 2.04. The maximum atomic E-state index is 11.1. The molecule has 0 fully saturated rings. The lowest BCUT2D eigenvalue weighted by Crippen LogP contribution is -2.12.